The molecule has 2 aliphatic rings. The van der Waals surface area contributed by atoms with E-state index in [-0.39, 0.29) is 18.6 Å². The van der Waals surface area contributed by atoms with Crippen molar-refractivity contribution in [1.82, 2.24) is 10.6 Å². The zero-order valence-electron chi connectivity index (χ0n) is 13.0. The van der Waals surface area contributed by atoms with E-state index in [2.05, 4.69) is 17.6 Å². The van der Waals surface area contributed by atoms with Crippen molar-refractivity contribution in [1.29, 1.82) is 0 Å². The van der Waals surface area contributed by atoms with Crippen molar-refractivity contribution >= 4 is 12.0 Å². The molecule has 2 fully saturated rings. The summed E-state index contributed by atoms with van der Waals surface area (Å²) >= 11 is 0. The Morgan fingerprint density at radius 3 is 2.48 bits per heavy atom. The van der Waals surface area contributed by atoms with Crippen molar-refractivity contribution in [3.63, 3.8) is 0 Å². The lowest BCUT2D eigenvalue weighted by atomic mass is 9.86. The molecule has 2 rings (SSSR count). The van der Waals surface area contributed by atoms with E-state index in [1.54, 1.807) is 0 Å². The molecule has 120 valence electrons. The molecule has 0 aromatic heterocycles. The summed E-state index contributed by atoms with van der Waals surface area (Å²) in [6.07, 6.45) is 8.83. The van der Waals surface area contributed by atoms with Crippen LogP contribution in [0.15, 0.2) is 0 Å². The predicted octanol–water partition coefficient (Wildman–Crippen LogP) is 2.90. The highest BCUT2D eigenvalue weighted by Crippen LogP contribution is 2.37. The maximum atomic E-state index is 12.0. The molecule has 2 amide bonds. The summed E-state index contributed by atoms with van der Waals surface area (Å²) < 4.78 is 0. The fourth-order valence-corrected chi connectivity index (χ4v) is 3.64. The van der Waals surface area contributed by atoms with E-state index in [9.17, 15) is 14.7 Å². The molecule has 2 saturated carbocycles. The number of rotatable bonds is 4. The van der Waals surface area contributed by atoms with Crippen LogP contribution in [0.3, 0.4) is 0 Å². The quantitative estimate of drug-likeness (QED) is 0.698. The average molecular weight is 296 g/mol. The minimum absolute atomic E-state index is 0.206. The SMILES string of the molecule is CC1CCCC(NC(=O)NCC2(C(=O)O)CCCC2)CC1. The summed E-state index contributed by atoms with van der Waals surface area (Å²) in [6, 6.07) is 0.0291. The Morgan fingerprint density at radius 1 is 1.10 bits per heavy atom. The lowest BCUT2D eigenvalue weighted by Crippen LogP contribution is -2.47. The number of aliphatic carboxylic acids is 1. The van der Waals surface area contributed by atoms with Crippen molar-refractivity contribution in [2.75, 3.05) is 6.54 Å². The third-order valence-corrected chi connectivity index (χ3v) is 5.19. The number of urea groups is 1. The van der Waals surface area contributed by atoms with Gasteiger partial charge in [-0.1, -0.05) is 32.6 Å². The molecule has 0 heterocycles. The van der Waals surface area contributed by atoms with Gasteiger partial charge in [0.05, 0.1) is 5.41 Å². The van der Waals surface area contributed by atoms with Gasteiger partial charge in [0.1, 0.15) is 0 Å². The van der Waals surface area contributed by atoms with Gasteiger partial charge >= 0.3 is 12.0 Å². The van der Waals surface area contributed by atoms with E-state index in [4.69, 9.17) is 0 Å². The highest BCUT2D eigenvalue weighted by atomic mass is 16.4. The number of carbonyl (C=O) groups is 2. The first-order chi connectivity index (χ1) is 10.0. The molecule has 0 aliphatic heterocycles. The Labute approximate surface area is 126 Å². The standard InChI is InChI=1S/C16H28N2O3/c1-12-5-4-6-13(8-7-12)18-15(21)17-11-16(14(19)20)9-2-3-10-16/h12-13H,2-11H2,1H3,(H,19,20)(H2,17,18,21). The van der Waals surface area contributed by atoms with Crippen LogP contribution in [-0.4, -0.2) is 29.7 Å². The molecular weight excluding hydrogens is 268 g/mol. The molecule has 5 heteroatoms. The molecule has 21 heavy (non-hydrogen) atoms. The third-order valence-electron chi connectivity index (χ3n) is 5.19. The van der Waals surface area contributed by atoms with E-state index in [0.717, 1.165) is 44.4 Å². The molecule has 2 unspecified atom stereocenters. The first-order valence-corrected chi connectivity index (χ1v) is 8.30. The van der Waals surface area contributed by atoms with Gasteiger partial charge in [0.2, 0.25) is 0 Å². The molecule has 0 radical (unpaired) electrons. The lowest BCUT2D eigenvalue weighted by Gasteiger charge is -2.25. The summed E-state index contributed by atoms with van der Waals surface area (Å²) in [4.78, 5) is 23.4. The Kier molecular flexibility index (Phi) is 5.48. The van der Waals surface area contributed by atoms with Crippen molar-refractivity contribution in [3.05, 3.63) is 0 Å². The molecule has 0 saturated heterocycles. The van der Waals surface area contributed by atoms with Crippen LogP contribution in [0.5, 0.6) is 0 Å². The van der Waals surface area contributed by atoms with Gasteiger partial charge in [0, 0.05) is 12.6 Å². The number of carboxylic acid groups (broad SMARTS) is 1. The van der Waals surface area contributed by atoms with Crippen LogP contribution in [0, 0.1) is 11.3 Å². The van der Waals surface area contributed by atoms with Crippen molar-refractivity contribution in [3.8, 4) is 0 Å². The summed E-state index contributed by atoms with van der Waals surface area (Å²) in [5.41, 5.74) is -0.741. The van der Waals surface area contributed by atoms with E-state index < -0.39 is 11.4 Å². The van der Waals surface area contributed by atoms with Gasteiger partial charge in [0.15, 0.2) is 0 Å². The number of nitrogens with one attached hydrogen (secondary N) is 2. The minimum Gasteiger partial charge on any atom is -0.481 e. The molecule has 0 spiro atoms. The van der Waals surface area contributed by atoms with Gasteiger partial charge in [-0.3, -0.25) is 4.79 Å². The van der Waals surface area contributed by atoms with E-state index >= 15 is 0 Å². The second kappa shape index (κ2) is 7.14. The molecule has 0 aromatic rings. The second-order valence-corrected chi connectivity index (χ2v) is 6.93. The Balaban J connectivity index is 1.77. The van der Waals surface area contributed by atoms with Crippen LogP contribution < -0.4 is 10.6 Å². The van der Waals surface area contributed by atoms with Crippen LogP contribution in [0.1, 0.15) is 64.7 Å². The molecule has 5 nitrogen and oxygen atoms in total. The van der Waals surface area contributed by atoms with Crippen molar-refractivity contribution < 1.29 is 14.7 Å². The number of hydrogen-bond donors (Lipinski definition) is 3. The monoisotopic (exact) mass is 296 g/mol. The molecule has 0 bridgehead atoms. The van der Waals surface area contributed by atoms with Gasteiger partial charge in [0.25, 0.3) is 0 Å². The Bertz CT molecular complexity index is 378. The van der Waals surface area contributed by atoms with E-state index in [1.165, 1.54) is 6.42 Å². The smallest absolute Gasteiger partial charge is 0.315 e. The van der Waals surface area contributed by atoms with Crippen LogP contribution in [0.25, 0.3) is 0 Å². The summed E-state index contributed by atoms with van der Waals surface area (Å²) in [7, 11) is 0. The number of carbonyl (C=O) groups excluding carboxylic acids is 1. The van der Waals surface area contributed by atoms with Gasteiger partial charge in [-0.2, -0.15) is 0 Å². The van der Waals surface area contributed by atoms with Crippen LogP contribution >= 0.6 is 0 Å². The van der Waals surface area contributed by atoms with Crippen molar-refractivity contribution in [2.24, 2.45) is 11.3 Å². The number of amides is 2. The Morgan fingerprint density at radius 2 is 1.81 bits per heavy atom. The second-order valence-electron chi connectivity index (χ2n) is 6.93. The van der Waals surface area contributed by atoms with E-state index in [0.29, 0.717) is 12.8 Å². The topological polar surface area (TPSA) is 78.4 Å². The predicted molar refractivity (Wildman–Crippen MR) is 81.1 cm³/mol. The fourth-order valence-electron chi connectivity index (χ4n) is 3.64. The average Bonchev–Trinajstić information content (AvgIpc) is 2.84. The summed E-state index contributed by atoms with van der Waals surface area (Å²) in [6.45, 7) is 2.51. The molecular formula is C16H28N2O3. The van der Waals surface area contributed by atoms with Crippen LogP contribution in [0.2, 0.25) is 0 Å². The normalized spacial score (nSPS) is 28.6. The van der Waals surface area contributed by atoms with Gasteiger partial charge in [-0.05, 0) is 38.0 Å². The van der Waals surface area contributed by atoms with Crippen molar-refractivity contribution in [2.45, 2.75) is 70.8 Å². The van der Waals surface area contributed by atoms with E-state index in [1.807, 2.05) is 0 Å². The Hall–Kier alpha value is -1.26. The minimum atomic E-state index is -0.774. The maximum Gasteiger partial charge on any atom is 0.315 e. The van der Waals surface area contributed by atoms with Gasteiger partial charge in [-0.25, -0.2) is 4.79 Å². The summed E-state index contributed by atoms with van der Waals surface area (Å²) in [5, 5.41) is 15.2. The fraction of sp³-hybridized carbons (Fsp3) is 0.875. The number of hydrogen-bond acceptors (Lipinski definition) is 2. The maximum absolute atomic E-state index is 12.0. The molecule has 3 N–H and O–H groups in total. The first kappa shape index (κ1) is 16.1. The third kappa shape index (κ3) is 4.35. The highest BCUT2D eigenvalue weighted by Gasteiger charge is 2.41. The lowest BCUT2D eigenvalue weighted by molar-refractivity contribution is -0.148. The van der Waals surface area contributed by atoms with Crippen LogP contribution in [0.4, 0.5) is 4.79 Å². The zero-order valence-corrected chi connectivity index (χ0v) is 13.0. The largest absolute Gasteiger partial charge is 0.481 e. The van der Waals surface area contributed by atoms with Gasteiger partial charge in [-0.15, -0.1) is 0 Å². The molecule has 2 atom stereocenters. The zero-order chi connectivity index (χ0) is 15.3. The highest BCUT2D eigenvalue weighted by molar-refractivity contribution is 5.78. The molecule has 2 aliphatic carbocycles. The van der Waals surface area contributed by atoms with Gasteiger partial charge < -0.3 is 15.7 Å². The first-order valence-electron chi connectivity index (χ1n) is 8.30. The molecule has 0 aromatic carbocycles. The van der Waals surface area contributed by atoms with Crippen LogP contribution in [-0.2, 0) is 4.79 Å². The number of carboxylic acids is 1. The summed E-state index contributed by atoms with van der Waals surface area (Å²) in [5.74, 6) is -0.0304.